The maximum atomic E-state index is 11.2. The Kier molecular flexibility index (Phi) is 6.28. The summed E-state index contributed by atoms with van der Waals surface area (Å²) in [5.74, 6) is 1.10. The molecule has 1 aliphatic carbocycles. The van der Waals surface area contributed by atoms with E-state index in [2.05, 4.69) is 46.0 Å². The first kappa shape index (κ1) is 24.2. The van der Waals surface area contributed by atoms with Gasteiger partial charge in [0.2, 0.25) is 0 Å². The number of aromatic nitrogens is 4. The molecule has 0 bridgehead atoms. The first-order valence-electron chi connectivity index (χ1n) is 13.6. The number of nitrogen functional groups attached to an aromatic ring is 1. The molecule has 3 N–H and O–H groups in total. The number of rotatable bonds is 6. The van der Waals surface area contributed by atoms with E-state index in [0.717, 1.165) is 68.6 Å². The summed E-state index contributed by atoms with van der Waals surface area (Å²) in [6.07, 6.45) is 12.4. The lowest BCUT2D eigenvalue weighted by molar-refractivity contribution is -0.0387. The third-order valence-corrected chi connectivity index (χ3v) is 8.44. The summed E-state index contributed by atoms with van der Waals surface area (Å²) in [5, 5.41) is 15.7. The zero-order chi connectivity index (χ0) is 25.6. The molecule has 196 valence electrons. The van der Waals surface area contributed by atoms with E-state index in [-0.39, 0.29) is 11.7 Å². The molecule has 3 aliphatic rings. The average molecular weight is 504 g/mol. The fourth-order valence-corrected chi connectivity index (χ4v) is 5.85. The van der Waals surface area contributed by atoms with Crippen molar-refractivity contribution < 1.29 is 9.84 Å². The van der Waals surface area contributed by atoms with Gasteiger partial charge in [0.15, 0.2) is 11.6 Å². The van der Waals surface area contributed by atoms with E-state index in [4.69, 9.17) is 15.5 Å². The Morgan fingerprint density at radius 1 is 1.05 bits per heavy atom. The van der Waals surface area contributed by atoms with Gasteiger partial charge in [-0.15, -0.1) is 0 Å². The Morgan fingerprint density at radius 3 is 2.57 bits per heavy atom. The molecule has 1 aromatic carbocycles. The van der Waals surface area contributed by atoms with Gasteiger partial charge in [-0.1, -0.05) is 0 Å². The number of hydrogen-bond acceptors (Lipinski definition) is 8. The first-order chi connectivity index (χ1) is 17.9. The number of nitrogens with two attached hydrogens (primary N) is 1. The zero-order valence-electron chi connectivity index (χ0n) is 21.8. The third-order valence-electron chi connectivity index (χ3n) is 8.44. The normalized spacial score (nSPS) is 22.2. The molecule has 2 saturated heterocycles. The maximum absolute atomic E-state index is 11.2. The van der Waals surface area contributed by atoms with E-state index in [0.29, 0.717) is 23.5 Å². The molecule has 1 saturated carbocycles. The Labute approximate surface area is 218 Å². The van der Waals surface area contributed by atoms with Gasteiger partial charge >= 0.3 is 0 Å². The van der Waals surface area contributed by atoms with Crippen LogP contribution in [0.2, 0.25) is 0 Å². The number of aliphatic hydroxyl groups is 1. The smallest absolute Gasteiger partial charge is 0.263 e. The predicted octanol–water partition coefficient (Wildman–Crippen LogP) is 4.34. The second kappa shape index (κ2) is 9.61. The van der Waals surface area contributed by atoms with Crippen molar-refractivity contribution in [1.82, 2.24) is 24.6 Å². The van der Waals surface area contributed by atoms with Crippen LogP contribution in [0.3, 0.4) is 0 Å². The fraction of sp³-hybridized carbons (Fsp3) is 0.536. The Balaban J connectivity index is 1.29. The van der Waals surface area contributed by atoms with Crippen molar-refractivity contribution in [3.05, 3.63) is 42.4 Å². The monoisotopic (exact) mass is 503 g/mol. The van der Waals surface area contributed by atoms with Crippen molar-refractivity contribution in [3.8, 4) is 22.9 Å². The number of ether oxygens (including phenoxy) is 1. The Hall–Kier alpha value is -3.17. The quantitative estimate of drug-likeness (QED) is 0.512. The maximum Gasteiger partial charge on any atom is 0.263 e. The van der Waals surface area contributed by atoms with E-state index >= 15 is 0 Å². The van der Waals surface area contributed by atoms with Gasteiger partial charge in [0, 0.05) is 23.8 Å². The first-order valence-corrected chi connectivity index (χ1v) is 13.6. The van der Waals surface area contributed by atoms with Crippen molar-refractivity contribution in [1.29, 1.82) is 0 Å². The van der Waals surface area contributed by atoms with E-state index in [9.17, 15) is 5.11 Å². The van der Waals surface area contributed by atoms with Crippen LogP contribution in [0.4, 0.5) is 11.5 Å². The summed E-state index contributed by atoms with van der Waals surface area (Å²) in [7, 11) is 2.15. The molecule has 3 aromatic rings. The van der Waals surface area contributed by atoms with Crippen LogP contribution in [0.1, 0.15) is 63.5 Å². The van der Waals surface area contributed by atoms with Gasteiger partial charge in [-0.05, 0) is 95.8 Å². The van der Waals surface area contributed by atoms with Crippen molar-refractivity contribution >= 4 is 11.5 Å². The second-order valence-corrected chi connectivity index (χ2v) is 11.1. The molecule has 9 nitrogen and oxygen atoms in total. The highest BCUT2D eigenvalue weighted by Gasteiger charge is 2.37. The van der Waals surface area contributed by atoms with Gasteiger partial charge in [0.25, 0.3) is 5.88 Å². The molecule has 9 heteroatoms. The third kappa shape index (κ3) is 4.78. The Bertz CT molecular complexity index is 1260. The van der Waals surface area contributed by atoms with Crippen LogP contribution < -0.4 is 15.4 Å². The lowest BCUT2D eigenvalue weighted by Crippen LogP contribution is -2.34. The standard InChI is InChI=1S/C28H37N7O2/c1-19-5-3-10-34(19)23-14-20(13-21(15-23)28(36)8-4-9-28)25-17-30-26(29)27(32-25)37-24-16-31-35(18-24)22-6-11-33(2)12-7-22/h13-19,22,36H,3-12H2,1-2H3,(H2,29,30)/t19-/m1/s1. The highest BCUT2D eigenvalue weighted by Crippen LogP contribution is 2.44. The van der Waals surface area contributed by atoms with E-state index in [1.807, 2.05) is 16.9 Å². The molecule has 0 unspecified atom stereocenters. The summed E-state index contributed by atoms with van der Waals surface area (Å²) >= 11 is 0. The van der Waals surface area contributed by atoms with E-state index in [1.165, 1.54) is 12.8 Å². The molecule has 37 heavy (non-hydrogen) atoms. The topological polar surface area (TPSA) is 106 Å². The van der Waals surface area contributed by atoms with Crippen LogP contribution in [-0.2, 0) is 5.60 Å². The number of benzene rings is 1. The van der Waals surface area contributed by atoms with Crippen LogP contribution in [0.25, 0.3) is 11.3 Å². The number of anilines is 2. The fourth-order valence-electron chi connectivity index (χ4n) is 5.85. The van der Waals surface area contributed by atoms with Gasteiger partial charge < -0.3 is 25.4 Å². The van der Waals surface area contributed by atoms with Gasteiger partial charge in [0.1, 0.15) is 0 Å². The van der Waals surface area contributed by atoms with Gasteiger partial charge in [0.05, 0.1) is 35.9 Å². The van der Waals surface area contributed by atoms with Crippen LogP contribution >= 0.6 is 0 Å². The van der Waals surface area contributed by atoms with Crippen LogP contribution in [0.15, 0.2) is 36.8 Å². The van der Waals surface area contributed by atoms with Crippen molar-refractivity contribution in [2.75, 3.05) is 37.3 Å². The lowest BCUT2D eigenvalue weighted by atomic mass is 9.74. The molecule has 0 radical (unpaired) electrons. The number of nitrogens with zero attached hydrogens (tertiary/aromatic N) is 6. The van der Waals surface area contributed by atoms with Crippen molar-refractivity contribution in [3.63, 3.8) is 0 Å². The summed E-state index contributed by atoms with van der Waals surface area (Å²) in [4.78, 5) is 13.9. The highest BCUT2D eigenvalue weighted by atomic mass is 16.5. The van der Waals surface area contributed by atoms with Gasteiger partial charge in [-0.25, -0.2) is 9.97 Å². The summed E-state index contributed by atoms with van der Waals surface area (Å²) in [5.41, 5.74) is 9.06. The minimum atomic E-state index is -0.767. The second-order valence-electron chi connectivity index (χ2n) is 11.1. The SMILES string of the molecule is C[C@@H]1CCCN1c1cc(-c2cnc(N)c(Oc3cnn(C4CCN(C)CC4)c3)n2)cc(C2(O)CCC2)c1. The highest BCUT2D eigenvalue weighted by molar-refractivity contribution is 5.69. The number of hydrogen-bond donors (Lipinski definition) is 2. The van der Waals surface area contributed by atoms with Crippen LogP contribution in [0, 0.1) is 0 Å². The molecule has 3 fully saturated rings. The molecular weight excluding hydrogens is 466 g/mol. The number of likely N-dealkylation sites (tertiary alicyclic amines) is 1. The lowest BCUT2D eigenvalue weighted by Gasteiger charge is -2.38. The van der Waals surface area contributed by atoms with Crippen LogP contribution in [0.5, 0.6) is 11.6 Å². The number of piperidine rings is 1. The molecule has 4 heterocycles. The van der Waals surface area contributed by atoms with E-state index < -0.39 is 5.60 Å². The predicted molar refractivity (Wildman–Crippen MR) is 144 cm³/mol. The minimum Gasteiger partial charge on any atom is -0.433 e. The molecule has 0 spiro atoms. The molecular formula is C28H37N7O2. The Morgan fingerprint density at radius 2 is 1.86 bits per heavy atom. The average Bonchev–Trinajstić information content (AvgIpc) is 3.53. The largest absolute Gasteiger partial charge is 0.433 e. The molecule has 0 amide bonds. The summed E-state index contributed by atoms with van der Waals surface area (Å²) in [6, 6.07) is 7.19. The molecule has 1 atom stereocenters. The summed E-state index contributed by atoms with van der Waals surface area (Å²) in [6.45, 7) is 5.41. The van der Waals surface area contributed by atoms with Gasteiger partial charge in [-0.3, -0.25) is 4.68 Å². The van der Waals surface area contributed by atoms with Crippen molar-refractivity contribution in [2.45, 2.75) is 69.6 Å². The molecule has 6 rings (SSSR count). The zero-order valence-corrected chi connectivity index (χ0v) is 21.8. The van der Waals surface area contributed by atoms with Gasteiger partial charge in [-0.2, -0.15) is 5.10 Å². The molecule has 2 aromatic heterocycles. The molecule has 2 aliphatic heterocycles. The van der Waals surface area contributed by atoms with Crippen LogP contribution in [-0.4, -0.2) is 62.5 Å². The summed E-state index contributed by atoms with van der Waals surface area (Å²) < 4.78 is 8.08. The minimum absolute atomic E-state index is 0.234. The van der Waals surface area contributed by atoms with Crippen molar-refractivity contribution in [2.24, 2.45) is 0 Å². The van der Waals surface area contributed by atoms with E-state index in [1.54, 1.807) is 12.4 Å².